The van der Waals surface area contributed by atoms with Gasteiger partial charge in [-0.25, -0.2) is 0 Å². The van der Waals surface area contributed by atoms with Crippen LogP contribution in [0.4, 0.5) is 0 Å². The zero-order valence-corrected chi connectivity index (χ0v) is 18.3. The van der Waals surface area contributed by atoms with E-state index in [1.165, 1.54) is 6.08 Å². The molecule has 1 heterocycles. The molecule has 1 N–H and O–H groups in total. The first kappa shape index (κ1) is 21.9. The standard InChI is InChI=1S/C23H23BrN2O4/c1-28-21-12-17(10-18(13-25)23(27)26-14-19-8-5-9-29-19)11-20(24)22(21)30-15-16-6-3-2-4-7-16/h2-4,6-7,10-12,19H,5,8-9,14-15H2,1H3,(H,26,27)/b18-10+/t19-/m0/s1. The van der Waals surface area contributed by atoms with Crippen molar-refractivity contribution in [2.24, 2.45) is 0 Å². The van der Waals surface area contributed by atoms with Crippen molar-refractivity contribution in [1.82, 2.24) is 5.32 Å². The Balaban J connectivity index is 1.73. The Kier molecular flexibility index (Phi) is 7.89. The molecule has 30 heavy (non-hydrogen) atoms. The van der Waals surface area contributed by atoms with Crippen molar-refractivity contribution < 1.29 is 19.0 Å². The van der Waals surface area contributed by atoms with Crippen LogP contribution in [0.2, 0.25) is 0 Å². The number of nitriles is 1. The van der Waals surface area contributed by atoms with Gasteiger partial charge in [-0.05, 0) is 58.1 Å². The lowest BCUT2D eigenvalue weighted by molar-refractivity contribution is -0.117. The van der Waals surface area contributed by atoms with Crippen LogP contribution >= 0.6 is 15.9 Å². The van der Waals surface area contributed by atoms with Crippen molar-refractivity contribution >= 4 is 27.9 Å². The SMILES string of the molecule is COc1cc(/C=C(\C#N)C(=O)NC[C@@H]2CCCO2)cc(Br)c1OCc1ccccc1. The van der Waals surface area contributed by atoms with E-state index in [9.17, 15) is 10.1 Å². The van der Waals surface area contributed by atoms with Crippen molar-refractivity contribution in [3.8, 4) is 17.6 Å². The molecule has 7 heteroatoms. The third kappa shape index (κ3) is 5.85. The van der Waals surface area contributed by atoms with E-state index in [4.69, 9.17) is 14.2 Å². The lowest BCUT2D eigenvalue weighted by Gasteiger charge is -2.14. The molecular weight excluding hydrogens is 448 g/mol. The summed E-state index contributed by atoms with van der Waals surface area (Å²) in [4.78, 5) is 12.4. The molecule has 0 aliphatic carbocycles. The molecule has 0 radical (unpaired) electrons. The van der Waals surface area contributed by atoms with Crippen LogP contribution in [0.3, 0.4) is 0 Å². The topological polar surface area (TPSA) is 80.6 Å². The summed E-state index contributed by atoms with van der Waals surface area (Å²) < 4.78 is 17.5. The van der Waals surface area contributed by atoms with E-state index in [1.54, 1.807) is 19.2 Å². The number of methoxy groups -OCH3 is 1. The third-order valence-corrected chi connectivity index (χ3v) is 5.26. The number of halogens is 1. The van der Waals surface area contributed by atoms with Crippen molar-refractivity contribution in [3.63, 3.8) is 0 Å². The fourth-order valence-electron chi connectivity index (χ4n) is 3.12. The Morgan fingerprint density at radius 3 is 2.83 bits per heavy atom. The van der Waals surface area contributed by atoms with Gasteiger partial charge in [0, 0.05) is 13.2 Å². The van der Waals surface area contributed by atoms with E-state index in [1.807, 2.05) is 36.4 Å². The number of hydrogen-bond donors (Lipinski definition) is 1. The number of nitrogens with zero attached hydrogens (tertiary/aromatic N) is 1. The molecule has 1 amide bonds. The van der Waals surface area contributed by atoms with Crippen LogP contribution in [-0.2, 0) is 16.1 Å². The van der Waals surface area contributed by atoms with E-state index in [0.29, 0.717) is 41.3 Å². The molecular formula is C23H23BrN2O4. The molecule has 1 atom stereocenters. The number of ether oxygens (including phenoxy) is 3. The molecule has 0 aromatic heterocycles. The Morgan fingerprint density at radius 2 is 2.17 bits per heavy atom. The van der Waals surface area contributed by atoms with E-state index in [-0.39, 0.29) is 11.7 Å². The van der Waals surface area contributed by atoms with Gasteiger partial charge in [0.05, 0.1) is 17.7 Å². The lowest BCUT2D eigenvalue weighted by atomic mass is 10.1. The van der Waals surface area contributed by atoms with E-state index < -0.39 is 5.91 Å². The summed E-state index contributed by atoms with van der Waals surface area (Å²) in [5, 5.41) is 12.2. The van der Waals surface area contributed by atoms with Gasteiger partial charge in [0.15, 0.2) is 11.5 Å². The van der Waals surface area contributed by atoms with Gasteiger partial charge in [-0.15, -0.1) is 0 Å². The molecule has 2 aromatic rings. The molecule has 0 spiro atoms. The van der Waals surface area contributed by atoms with Crippen LogP contribution < -0.4 is 14.8 Å². The van der Waals surface area contributed by atoms with E-state index >= 15 is 0 Å². The molecule has 0 bridgehead atoms. The summed E-state index contributed by atoms with van der Waals surface area (Å²) in [6.07, 6.45) is 3.46. The summed E-state index contributed by atoms with van der Waals surface area (Å²) in [5.41, 5.74) is 1.69. The number of nitrogens with one attached hydrogen (secondary N) is 1. The number of amides is 1. The van der Waals surface area contributed by atoms with Gasteiger partial charge >= 0.3 is 0 Å². The smallest absolute Gasteiger partial charge is 0.262 e. The fraction of sp³-hybridized carbons (Fsp3) is 0.304. The highest BCUT2D eigenvalue weighted by Crippen LogP contribution is 2.37. The zero-order valence-electron chi connectivity index (χ0n) is 16.7. The fourth-order valence-corrected chi connectivity index (χ4v) is 3.69. The van der Waals surface area contributed by atoms with Crippen LogP contribution in [-0.4, -0.2) is 32.3 Å². The molecule has 6 nitrogen and oxygen atoms in total. The first-order valence-corrected chi connectivity index (χ1v) is 10.5. The van der Waals surface area contributed by atoms with E-state index in [2.05, 4.69) is 21.2 Å². The number of carbonyl (C=O) groups excluding carboxylic acids is 1. The maximum atomic E-state index is 12.4. The Bertz CT molecular complexity index is 948. The highest BCUT2D eigenvalue weighted by Gasteiger charge is 2.18. The number of carbonyl (C=O) groups is 1. The predicted octanol–water partition coefficient (Wildman–Crippen LogP) is 4.24. The van der Waals surface area contributed by atoms with E-state index in [0.717, 1.165) is 18.4 Å². The van der Waals surface area contributed by atoms with Gasteiger partial charge in [-0.3, -0.25) is 4.79 Å². The number of hydrogen-bond acceptors (Lipinski definition) is 5. The number of rotatable bonds is 8. The summed E-state index contributed by atoms with van der Waals surface area (Å²) in [6.45, 7) is 1.51. The second kappa shape index (κ2) is 10.8. The first-order valence-electron chi connectivity index (χ1n) is 9.66. The molecule has 0 unspecified atom stereocenters. The Hall–Kier alpha value is -2.82. The summed E-state index contributed by atoms with van der Waals surface area (Å²) in [5.74, 6) is 0.635. The molecule has 1 aliphatic rings. The van der Waals surface area contributed by atoms with Crippen molar-refractivity contribution in [2.45, 2.75) is 25.6 Å². The predicted molar refractivity (Wildman–Crippen MR) is 117 cm³/mol. The second-order valence-electron chi connectivity index (χ2n) is 6.82. The number of benzene rings is 2. The van der Waals surface area contributed by atoms with Gasteiger partial charge < -0.3 is 19.5 Å². The molecule has 0 saturated carbocycles. The average molecular weight is 471 g/mol. The van der Waals surface area contributed by atoms with Gasteiger partial charge in [0.2, 0.25) is 0 Å². The van der Waals surface area contributed by atoms with Crippen molar-refractivity contribution in [1.29, 1.82) is 5.26 Å². The molecule has 3 rings (SSSR count). The van der Waals surface area contributed by atoms with Gasteiger partial charge in [-0.1, -0.05) is 30.3 Å². The van der Waals surface area contributed by atoms with Gasteiger partial charge in [0.1, 0.15) is 18.2 Å². The molecule has 1 fully saturated rings. The summed E-state index contributed by atoms with van der Waals surface area (Å²) in [6, 6.07) is 15.3. The highest BCUT2D eigenvalue weighted by atomic mass is 79.9. The van der Waals surface area contributed by atoms with Gasteiger partial charge in [0.25, 0.3) is 5.91 Å². The van der Waals surface area contributed by atoms with Crippen LogP contribution in [0.1, 0.15) is 24.0 Å². The maximum absolute atomic E-state index is 12.4. The normalized spacial score (nSPS) is 16.0. The van der Waals surface area contributed by atoms with Crippen LogP contribution in [0, 0.1) is 11.3 Å². The second-order valence-corrected chi connectivity index (χ2v) is 7.68. The minimum absolute atomic E-state index is 0.0138. The first-order chi connectivity index (χ1) is 14.6. The minimum atomic E-state index is -0.424. The average Bonchev–Trinajstić information content (AvgIpc) is 3.29. The molecule has 156 valence electrons. The summed E-state index contributed by atoms with van der Waals surface area (Å²) >= 11 is 3.50. The maximum Gasteiger partial charge on any atom is 0.262 e. The molecule has 1 saturated heterocycles. The third-order valence-electron chi connectivity index (χ3n) is 4.67. The van der Waals surface area contributed by atoms with Crippen LogP contribution in [0.15, 0.2) is 52.5 Å². The van der Waals surface area contributed by atoms with Gasteiger partial charge in [-0.2, -0.15) is 5.26 Å². The summed E-state index contributed by atoms with van der Waals surface area (Å²) in [7, 11) is 1.55. The van der Waals surface area contributed by atoms with Crippen LogP contribution in [0.25, 0.3) is 6.08 Å². The Morgan fingerprint density at radius 1 is 1.37 bits per heavy atom. The monoisotopic (exact) mass is 470 g/mol. The lowest BCUT2D eigenvalue weighted by Crippen LogP contribution is -2.32. The Labute approximate surface area is 184 Å². The zero-order chi connectivity index (χ0) is 21.3. The van der Waals surface area contributed by atoms with Crippen molar-refractivity contribution in [2.75, 3.05) is 20.3 Å². The highest BCUT2D eigenvalue weighted by molar-refractivity contribution is 9.10. The van der Waals surface area contributed by atoms with Crippen LogP contribution in [0.5, 0.6) is 11.5 Å². The molecule has 1 aliphatic heterocycles. The quantitative estimate of drug-likeness (QED) is 0.460. The minimum Gasteiger partial charge on any atom is -0.493 e. The molecule has 2 aromatic carbocycles. The van der Waals surface area contributed by atoms with Crippen molar-refractivity contribution in [3.05, 3.63) is 63.6 Å². The largest absolute Gasteiger partial charge is 0.493 e.